The monoisotopic (exact) mass is 412 g/mol. The number of benzene rings is 1. The summed E-state index contributed by atoms with van der Waals surface area (Å²) in [5.74, 6) is -0.318. The van der Waals surface area contributed by atoms with E-state index in [4.69, 9.17) is 11.6 Å². The molecule has 2 aromatic heterocycles. The Kier molecular flexibility index (Phi) is 5.19. The lowest BCUT2D eigenvalue weighted by molar-refractivity contribution is 0.0725. The van der Waals surface area contributed by atoms with Crippen LogP contribution in [0.3, 0.4) is 0 Å². The zero-order valence-corrected chi connectivity index (χ0v) is 17.0. The van der Waals surface area contributed by atoms with Gasteiger partial charge in [-0.25, -0.2) is 9.50 Å². The summed E-state index contributed by atoms with van der Waals surface area (Å²) < 4.78 is 1.51. The third-order valence-electron chi connectivity index (χ3n) is 4.92. The highest BCUT2D eigenvalue weighted by Crippen LogP contribution is 2.24. The van der Waals surface area contributed by atoms with Gasteiger partial charge in [0.25, 0.3) is 17.6 Å². The van der Waals surface area contributed by atoms with Crippen molar-refractivity contribution in [1.82, 2.24) is 24.5 Å². The third kappa shape index (κ3) is 3.93. The van der Waals surface area contributed by atoms with Crippen molar-refractivity contribution >= 4 is 34.9 Å². The molecule has 9 heteroatoms. The number of rotatable bonds is 3. The molecule has 4 rings (SSSR count). The average Bonchev–Trinajstić information content (AvgIpc) is 3.13. The van der Waals surface area contributed by atoms with E-state index in [1.807, 2.05) is 24.8 Å². The standard InChI is InChI=1S/C20H21ClN6O2/c1-12-10-13(2)27-20(22-12)24-17(25-27)18(28)23-16-11-14(21)6-7-15(16)19(29)26-8-4-3-5-9-26/h6-7,10-11H,3-5,8-9H2,1-2H3,(H,23,28). The molecule has 8 nitrogen and oxygen atoms in total. The van der Waals surface area contributed by atoms with E-state index >= 15 is 0 Å². The van der Waals surface area contributed by atoms with Crippen molar-refractivity contribution in [3.05, 3.63) is 52.1 Å². The van der Waals surface area contributed by atoms with Crippen LogP contribution in [0.4, 0.5) is 5.69 Å². The van der Waals surface area contributed by atoms with Gasteiger partial charge in [-0.2, -0.15) is 4.98 Å². The van der Waals surface area contributed by atoms with Crippen LogP contribution >= 0.6 is 11.6 Å². The summed E-state index contributed by atoms with van der Waals surface area (Å²) in [6, 6.07) is 6.71. The molecule has 29 heavy (non-hydrogen) atoms. The van der Waals surface area contributed by atoms with E-state index < -0.39 is 5.91 Å². The molecule has 0 unspecified atom stereocenters. The second-order valence-electron chi connectivity index (χ2n) is 7.18. The van der Waals surface area contributed by atoms with Crippen molar-refractivity contribution in [2.75, 3.05) is 18.4 Å². The normalized spacial score (nSPS) is 14.2. The number of nitrogens with zero attached hydrogens (tertiary/aromatic N) is 5. The molecule has 1 N–H and O–H groups in total. The highest BCUT2D eigenvalue weighted by Gasteiger charge is 2.23. The Balaban J connectivity index is 1.63. The molecule has 1 fully saturated rings. The van der Waals surface area contributed by atoms with Gasteiger partial charge in [-0.15, -0.1) is 5.10 Å². The Labute approximate surface area is 172 Å². The minimum Gasteiger partial charge on any atom is -0.339 e. The molecule has 2 amide bonds. The number of hydrogen-bond acceptors (Lipinski definition) is 5. The lowest BCUT2D eigenvalue weighted by Crippen LogP contribution is -2.36. The molecule has 150 valence electrons. The number of anilines is 1. The molecule has 1 aliphatic heterocycles. The van der Waals surface area contributed by atoms with E-state index in [0.717, 1.165) is 30.7 Å². The van der Waals surface area contributed by atoms with Gasteiger partial charge in [-0.1, -0.05) is 11.6 Å². The highest BCUT2D eigenvalue weighted by atomic mass is 35.5. The van der Waals surface area contributed by atoms with Crippen molar-refractivity contribution in [2.24, 2.45) is 0 Å². The molecule has 0 bridgehead atoms. The van der Waals surface area contributed by atoms with Crippen LogP contribution in [0.25, 0.3) is 5.78 Å². The topological polar surface area (TPSA) is 92.5 Å². The molecule has 1 aliphatic rings. The summed E-state index contributed by atoms with van der Waals surface area (Å²) in [5.41, 5.74) is 2.36. The van der Waals surface area contributed by atoms with Gasteiger partial charge in [0.05, 0.1) is 11.3 Å². The Bertz CT molecular complexity index is 1100. The first kappa shape index (κ1) is 19.3. The highest BCUT2D eigenvalue weighted by molar-refractivity contribution is 6.31. The molecule has 3 aromatic rings. The number of carbonyl (C=O) groups is 2. The van der Waals surface area contributed by atoms with Crippen LogP contribution in [0.15, 0.2) is 24.3 Å². The Morgan fingerprint density at radius 3 is 2.59 bits per heavy atom. The quantitative estimate of drug-likeness (QED) is 0.712. The smallest absolute Gasteiger partial charge is 0.295 e. The van der Waals surface area contributed by atoms with Gasteiger partial charge in [-0.05, 0) is 57.4 Å². The fourth-order valence-corrected chi connectivity index (χ4v) is 3.69. The van der Waals surface area contributed by atoms with Crippen molar-refractivity contribution in [3.63, 3.8) is 0 Å². The summed E-state index contributed by atoms with van der Waals surface area (Å²) in [6.45, 7) is 5.15. The molecule has 0 radical (unpaired) electrons. The van der Waals surface area contributed by atoms with Crippen LogP contribution in [-0.2, 0) is 0 Å². The number of hydrogen-bond donors (Lipinski definition) is 1. The van der Waals surface area contributed by atoms with Crippen molar-refractivity contribution in [1.29, 1.82) is 0 Å². The minimum atomic E-state index is -0.525. The third-order valence-corrected chi connectivity index (χ3v) is 5.16. The summed E-state index contributed by atoms with van der Waals surface area (Å²) >= 11 is 6.12. The Morgan fingerprint density at radius 1 is 1.07 bits per heavy atom. The number of carbonyl (C=O) groups excluding carboxylic acids is 2. The fourth-order valence-electron chi connectivity index (χ4n) is 3.51. The molecule has 0 saturated carbocycles. The number of fused-ring (bicyclic) bond motifs is 1. The molecule has 1 aromatic carbocycles. The average molecular weight is 413 g/mol. The van der Waals surface area contributed by atoms with Crippen molar-refractivity contribution in [3.8, 4) is 0 Å². The predicted molar refractivity (Wildman–Crippen MR) is 109 cm³/mol. The van der Waals surface area contributed by atoms with Crippen LogP contribution in [0.2, 0.25) is 5.02 Å². The summed E-state index contributed by atoms with van der Waals surface area (Å²) in [4.78, 5) is 36.1. The number of amides is 2. The molecule has 0 spiro atoms. The van der Waals surface area contributed by atoms with Gasteiger partial charge >= 0.3 is 0 Å². The number of aryl methyl sites for hydroxylation is 2. The van der Waals surface area contributed by atoms with Gasteiger partial charge in [0.1, 0.15) is 0 Å². The lowest BCUT2D eigenvalue weighted by atomic mass is 10.1. The number of piperidine rings is 1. The van der Waals surface area contributed by atoms with Gasteiger partial charge < -0.3 is 10.2 Å². The van der Waals surface area contributed by atoms with Gasteiger partial charge in [0.2, 0.25) is 5.82 Å². The molecule has 1 saturated heterocycles. The summed E-state index contributed by atoms with van der Waals surface area (Å²) in [7, 11) is 0. The van der Waals surface area contributed by atoms with Crippen LogP contribution in [0, 0.1) is 13.8 Å². The zero-order chi connectivity index (χ0) is 20.5. The summed E-state index contributed by atoms with van der Waals surface area (Å²) in [5, 5.41) is 7.41. The van der Waals surface area contributed by atoms with Crippen LogP contribution in [-0.4, -0.2) is 49.4 Å². The second kappa shape index (κ2) is 7.79. The SMILES string of the molecule is Cc1cc(C)n2nc(C(=O)Nc3cc(Cl)ccc3C(=O)N3CCCCC3)nc2n1. The minimum absolute atomic E-state index is 0.0254. The van der Waals surface area contributed by atoms with E-state index in [1.165, 1.54) is 4.52 Å². The first-order valence-corrected chi connectivity index (χ1v) is 9.91. The van der Waals surface area contributed by atoms with E-state index in [0.29, 0.717) is 35.1 Å². The van der Waals surface area contributed by atoms with E-state index in [1.54, 1.807) is 18.2 Å². The summed E-state index contributed by atoms with van der Waals surface area (Å²) in [6.07, 6.45) is 3.09. The first-order valence-electron chi connectivity index (χ1n) is 9.53. The van der Waals surface area contributed by atoms with E-state index in [2.05, 4.69) is 20.4 Å². The maximum absolute atomic E-state index is 13.0. The van der Waals surface area contributed by atoms with E-state index in [9.17, 15) is 9.59 Å². The van der Waals surface area contributed by atoms with Gasteiger partial charge in [0, 0.05) is 29.5 Å². The molecular formula is C20H21ClN6O2. The Morgan fingerprint density at radius 2 is 1.83 bits per heavy atom. The van der Waals surface area contributed by atoms with Crippen molar-refractivity contribution in [2.45, 2.75) is 33.1 Å². The molecule has 3 heterocycles. The lowest BCUT2D eigenvalue weighted by Gasteiger charge is -2.27. The number of halogens is 1. The van der Waals surface area contributed by atoms with Gasteiger partial charge in [-0.3, -0.25) is 9.59 Å². The predicted octanol–water partition coefficient (Wildman–Crippen LogP) is 3.27. The van der Waals surface area contributed by atoms with Crippen LogP contribution in [0.5, 0.6) is 0 Å². The maximum atomic E-state index is 13.0. The van der Waals surface area contributed by atoms with Crippen LogP contribution < -0.4 is 5.32 Å². The number of likely N-dealkylation sites (tertiary alicyclic amines) is 1. The Hall–Kier alpha value is -3.00. The van der Waals surface area contributed by atoms with Crippen LogP contribution in [0.1, 0.15) is 51.6 Å². The number of nitrogens with one attached hydrogen (secondary N) is 1. The molecule has 0 aliphatic carbocycles. The fraction of sp³-hybridized carbons (Fsp3) is 0.350. The van der Waals surface area contributed by atoms with E-state index in [-0.39, 0.29) is 11.7 Å². The zero-order valence-electron chi connectivity index (χ0n) is 16.3. The molecule has 0 atom stereocenters. The maximum Gasteiger partial charge on any atom is 0.295 e. The molecular weight excluding hydrogens is 392 g/mol. The first-order chi connectivity index (χ1) is 13.9. The second-order valence-corrected chi connectivity index (χ2v) is 7.62. The largest absolute Gasteiger partial charge is 0.339 e. The number of aromatic nitrogens is 4. The van der Waals surface area contributed by atoms with Crippen molar-refractivity contribution < 1.29 is 9.59 Å². The van der Waals surface area contributed by atoms with Gasteiger partial charge in [0.15, 0.2) is 0 Å².